The molecular weight excluding hydrogens is 292 g/mol. The Morgan fingerprint density at radius 3 is 2.19 bits per heavy atom. The van der Waals surface area contributed by atoms with Crippen molar-refractivity contribution in [3.05, 3.63) is 47.5 Å². The number of carbonyl (C=O) groups is 1. The minimum Gasteiger partial charge on any atom is -0.497 e. The van der Waals surface area contributed by atoms with Gasteiger partial charge in [-0.2, -0.15) is 0 Å². The lowest BCUT2D eigenvalue weighted by Crippen LogP contribution is -2.19. The summed E-state index contributed by atoms with van der Waals surface area (Å²) < 4.78 is 10.3. The average molecular weight is 307 g/mol. The van der Waals surface area contributed by atoms with Crippen molar-refractivity contribution in [1.29, 1.82) is 0 Å². The van der Waals surface area contributed by atoms with Crippen LogP contribution in [0.3, 0.4) is 0 Å². The van der Waals surface area contributed by atoms with Gasteiger partial charge < -0.3 is 20.1 Å². The molecule has 0 atom stereocenters. The summed E-state index contributed by atoms with van der Waals surface area (Å²) >= 11 is 5.98. The fourth-order valence-electron chi connectivity index (χ4n) is 1.73. The van der Waals surface area contributed by atoms with E-state index in [1.807, 2.05) is 0 Å². The maximum atomic E-state index is 12.0. The molecule has 0 bridgehead atoms. The van der Waals surface area contributed by atoms with Gasteiger partial charge in [0.05, 0.1) is 24.9 Å². The number of para-hydroxylation sites is 1. The molecule has 21 heavy (non-hydrogen) atoms. The first kappa shape index (κ1) is 15.0. The zero-order valence-corrected chi connectivity index (χ0v) is 12.4. The second kappa shape index (κ2) is 6.85. The summed E-state index contributed by atoms with van der Waals surface area (Å²) in [6.45, 7) is 0. The Labute approximate surface area is 127 Å². The molecule has 0 radical (unpaired) electrons. The summed E-state index contributed by atoms with van der Waals surface area (Å²) in [6, 6.07) is 11.7. The van der Waals surface area contributed by atoms with Crippen molar-refractivity contribution in [3.63, 3.8) is 0 Å². The monoisotopic (exact) mass is 306 g/mol. The molecule has 0 unspecified atom stereocenters. The van der Waals surface area contributed by atoms with Crippen molar-refractivity contribution in [2.24, 2.45) is 0 Å². The van der Waals surface area contributed by atoms with Gasteiger partial charge in [0.1, 0.15) is 11.5 Å². The van der Waals surface area contributed by atoms with Crippen molar-refractivity contribution in [2.45, 2.75) is 0 Å². The third-order valence-electron chi connectivity index (χ3n) is 2.73. The number of carbonyl (C=O) groups excluding carboxylic acids is 1. The fourth-order valence-corrected chi connectivity index (χ4v) is 1.91. The van der Waals surface area contributed by atoms with Gasteiger partial charge in [0.2, 0.25) is 0 Å². The standard InChI is InChI=1S/C15H15ClN2O3/c1-20-11-7-10(8-12(9-11)21-2)17-15(19)18-14-6-4-3-5-13(14)16/h3-9H,1-2H3,(H2,17,18,19). The normalized spacial score (nSPS) is 9.86. The molecule has 2 N–H and O–H groups in total. The van der Waals surface area contributed by atoms with Crippen molar-refractivity contribution in [1.82, 2.24) is 0 Å². The predicted octanol–water partition coefficient (Wildman–Crippen LogP) is 4.00. The van der Waals surface area contributed by atoms with Gasteiger partial charge in [0, 0.05) is 23.9 Å². The van der Waals surface area contributed by atoms with Crippen LogP contribution in [-0.2, 0) is 0 Å². The number of hydrogen-bond acceptors (Lipinski definition) is 3. The highest BCUT2D eigenvalue weighted by Gasteiger charge is 2.07. The molecule has 0 spiro atoms. The van der Waals surface area contributed by atoms with Crippen LogP contribution in [0, 0.1) is 0 Å². The minimum atomic E-state index is -0.404. The Hall–Kier alpha value is -2.40. The van der Waals surface area contributed by atoms with E-state index in [1.165, 1.54) is 0 Å². The molecule has 5 nitrogen and oxygen atoms in total. The molecular formula is C15H15ClN2O3. The fraction of sp³-hybridized carbons (Fsp3) is 0.133. The zero-order valence-electron chi connectivity index (χ0n) is 11.6. The Kier molecular flexibility index (Phi) is 4.90. The summed E-state index contributed by atoms with van der Waals surface area (Å²) in [5.41, 5.74) is 1.09. The summed E-state index contributed by atoms with van der Waals surface area (Å²) in [4.78, 5) is 12.0. The Morgan fingerprint density at radius 1 is 1.00 bits per heavy atom. The van der Waals surface area contributed by atoms with Crippen molar-refractivity contribution >= 4 is 29.0 Å². The van der Waals surface area contributed by atoms with Crippen LogP contribution in [0.25, 0.3) is 0 Å². The lowest BCUT2D eigenvalue weighted by atomic mass is 10.2. The van der Waals surface area contributed by atoms with E-state index in [0.717, 1.165) is 0 Å². The summed E-state index contributed by atoms with van der Waals surface area (Å²) in [5, 5.41) is 5.84. The van der Waals surface area contributed by atoms with E-state index >= 15 is 0 Å². The number of halogens is 1. The number of urea groups is 1. The number of nitrogens with one attached hydrogen (secondary N) is 2. The number of hydrogen-bond donors (Lipinski definition) is 2. The second-order valence-electron chi connectivity index (χ2n) is 4.16. The molecule has 2 aromatic rings. The van der Waals surface area contributed by atoms with E-state index in [4.69, 9.17) is 21.1 Å². The highest BCUT2D eigenvalue weighted by Crippen LogP contribution is 2.26. The molecule has 0 saturated carbocycles. The van der Waals surface area contributed by atoms with Crippen molar-refractivity contribution in [2.75, 3.05) is 24.9 Å². The second-order valence-corrected chi connectivity index (χ2v) is 4.57. The molecule has 2 amide bonds. The first-order valence-corrected chi connectivity index (χ1v) is 6.56. The van der Waals surface area contributed by atoms with Gasteiger partial charge in [-0.3, -0.25) is 0 Å². The number of methoxy groups -OCH3 is 2. The number of ether oxygens (including phenoxy) is 2. The van der Waals surface area contributed by atoms with E-state index < -0.39 is 6.03 Å². The van der Waals surface area contributed by atoms with Gasteiger partial charge >= 0.3 is 6.03 Å². The van der Waals surface area contributed by atoms with Crippen LogP contribution < -0.4 is 20.1 Å². The number of anilines is 2. The van der Waals surface area contributed by atoms with Crippen molar-refractivity contribution in [3.8, 4) is 11.5 Å². The van der Waals surface area contributed by atoms with Crippen LogP contribution in [-0.4, -0.2) is 20.3 Å². The van der Waals surface area contributed by atoms with Gasteiger partial charge in [-0.15, -0.1) is 0 Å². The summed E-state index contributed by atoms with van der Waals surface area (Å²) in [7, 11) is 3.09. The van der Waals surface area contributed by atoms with Crippen LogP contribution in [0.15, 0.2) is 42.5 Å². The highest BCUT2D eigenvalue weighted by atomic mass is 35.5. The lowest BCUT2D eigenvalue weighted by molar-refractivity contribution is 0.262. The van der Waals surface area contributed by atoms with Crippen LogP contribution in [0.4, 0.5) is 16.2 Å². The quantitative estimate of drug-likeness (QED) is 0.897. The van der Waals surface area contributed by atoms with E-state index in [-0.39, 0.29) is 0 Å². The Balaban J connectivity index is 2.11. The number of rotatable bonds is 4. The minimum absolute atomic E-state index is 0.404. The molecule has 0 aliphatic heterocycles. The molecule has 0 aromatic heterocycles. The van der Waals surface area contributed by atoms with E-state index in [1.54, 1.807) is 56.7 Å². The molecule has 0 saturated heterocycles. The van der Waals surface area contributed by atoms with Gasteiger partial charge in [-0.1, -0.05) is 23.7 Å². The largest absolute Gasteiger partial charge is 0.497 e. The Bertz CT molecular complexity index is 624. The molecule has 0 aliphatic rings. The van der Waals surface area contributed by atoms with Gasteiger partial charge in [0.25, 0.3) is 0 Å². The SMILES string of the molecule is COc1cc(NC(=O)Nc2ccccc2Cl)cc(OC)c1. The molecule has 0 fully saturated rings. The third kappa shape index (κ3) is 4.03. The molecule has 2 rings (SSSR count). The highest BCUT2D eigenvalue weighted by molar-refractivity contribution is 6.33. The molecule has 0 heterocycles. The lowest BCUT2D eigenvalue weighted by Gasteiger charge is -2.11. The maximum Gasteiger partial charge on any atom is 0.323 e. The topological polar surface area (TPSA) is 59.6 Å². The van der Waals surface area contributed by atoms with Gasteiger partial charge in [-0.25, -0.2) is 4.79 Å². The smallest absolute Gasteiger partial charge is 0.323 e. The first-order chi connectivity index (χ1) is 10.1. The van der Waals surface area contributed by atoms with E-state index in [2.05, 4.69) is 10.6 Å². The number of amides is 2. The predicted molar refractivity (Wildman–Crippen MR) is 83.6 cm³/mol. The van der Waals surface area contributed by atoms with Crippen LogP contribution >= 0.6 is 11.6 Å². The molecule has 2 aromatic carbocycles. The Morgan fingerprint density at radius 2 is 1.62 bits per heavy atom. The van der Waals surface area contributed by atoms with Gasteiger partial charge in [-0.05, 0) is 12.1 Å². The average Bonchev–Trinajstić information content (AvgIpc) is 2.49. The van der Waals surface area contributed by atoms with Crippen LogP contribution in [0.5, 0.6) is 11.5 Å². The molecule has 6 heteroatoms. The van der Waals surface area contributed by atoms with Crippen LogP contribution in [0.1, 0.15) is 0 Å². The van der Waals surface area contributed by atoms with E-state index in [0.29, 0.717) is 27.9 Å². The van der Waals surface area contributed by atoms with Gasteiger partial charge in [0.15, 0.2) is 0 Å². The summed E-state index contributed by atoms with van der Waals surface area (Å²) in [5.74, 6) is 1.17. The van der Waals surface area contributed by atoms with Crippen LogP contribution in [0.2, 0.25) is 5.02 Å². The van der Waals surface area contributed by atoms with Crippen molar-refractivity contribution < 1.29 is 14.3 Å². The maximum absolute atomic E-state index is 12.0. The number of benzene rings is 2. The van der Waals surface area contributed by atoms with E-state index in [9.17, 15) is 4.79 Å². The molecule has 110 valence electrons. The first-order valence-electron chi connectivity index (χ1n) is 6.18. The third-order valence-corrected chi connectivity index (χ3v) is 3.06. The summed E-state index contributed by atoms with van der Waals surface area (Å²) in [6.07, 6.45) is 0. The zero-order chi connectivity index (χ0) is 15.2. The molecule has 0 aliphatic carbocycles.